The minimum absolute atomic E-state index is 0.110. The van der Waals surface area contributed by atoms with Gasteiger partial charge in [0.1, 0.15) is 0 Å². The Morgan fingerprint density at radius 3 is 2.30 bits per heavy atom. The van der Waals surface area contributed by atoms with Crippen LogP contribution in [0.25, 0.3) is 0 Å². The Balaban J connectivity index is 1.86. The number of carbonyl (C=O) groups is 2. The molecule has 0 radical (unpaired) electrons. The fourth-order valence-electron chi connectivity index (χ4n) is 3.36. The summed E-state index contributed by atoms with van der Waals surface area (Å²) in [4.78, 5) is 27.7. The topological polar surface area (TPSA) is 75.4 Å². The summed E-state index contributed by atoms with van der Waals surface area (Å²) < 4.78 is 0. The molecule has 3 N–H and O–H groups in total. The molecule has 7 heteroatoms. The van der Waals surface area contributed by atoms with Crippen molar-refractivity contribution in [3.8, 4) is 0 Å². The number of hydrogen-bond donors (Lipinski definition) is 2. The molecule has 2 amide bonds. The number of hydrogen-bond acceptors (Lipinski definition) is 3. The SMILES string of the molecule is CC(C)(CN)CN(Cc1cc(NC(=O)c2cccc(Cl)c2)ccc1Cl)C(=O)c1ccccc1. The Morgan fingerprint density at radius 2 is 1.64 bits per heavy atom. The predicted octanol–water partition coefficient (Wildman–Crippen LogP) is 5.87. The normalized spacial score (nSPS) is 11.2. The van der Waals surface area contributed by atoms with Gasteiger partial charge in [0.2, 0.25) is 0 Å². The van der Waals surface area contributed by atoms with Crippen LogP contribution < -0.4 is 11.1 Å². The molecule has 0 aliphatic rings. The third kappa shape index (κ3) is 6.81. The number of rotatable bonds is 8. The molecule has 0 spiro atoms. The minimum Gasteiger partial charge on any atom is -0.334 e. The van der Waals surface area contributed by atoms with Gasteiger partial charge >= 0.3 is 0 Å². The molecule has 0 aliphatic heterocycles. The van der Waals surface area contributed by atoms with Crippen molar-refractivity contribution < 1.29 is 9.59 Å². The van der Waals surface area contributed by atoms with E-state index in [1.54, 1.807) is 59.5 Å². The molecule has 0 atom stereocenters. The Bertz CT molecular complexity index is 1130. The van der Waals surface area contributed by atoms with Crippen LogP contribution in [0.5, 0.6) is 0 Å². The molecule has 0 bridgehead atoms. The fourth-order valence-corrected chi connectivity index (χ4v) is 3.72. The zero-order chi connectivity index (χ0) is 24.0. The molecule has 0 unspecified atom stereocenters. The lowest BCUT2D eigenvalue weighted by molar-refractivity contribution is 0.0673. The van der Waals surface area contributed by atoms with Crippen molar-refractivity contribution in [3.05, 3.63) is 99.5 Å². The molecule has 0 saturated heterocycles. The number of amides is 2. The molecule has 3 aromatic rings. The van der Waals surface area contributed by atoms with E-state index in [0.717, 1.165) is 5.56 Å². The number of carbonyl (C=O) groups excluding carboxylic acids is 2. The fraction of sp³-hybridized carbons (Fsp3) is 0.231. The zero-order valence-electron chi connectivity index (χ0n) is 18.6. The summed E-state index contributed by atoms with van der Waals surface area (Å²) in [6.45, 7) is 5.18. The third-order valence-corrected chi connectivity index (χ3v) is 5.83. The van der Waals surface area contributed by atoms with Gasteiger partial charge in [0.05, 0.1) is 0 Å². The van der Waals surface area contributed by atoms with Gasteiger partial charge < -0.3 is 16.0 Å². The first-order chi connectivity index (χ1) is 15.7. The lowest BCUT2D eigenvalue weighted by Crippen LogP contribution is -2.41. The first-order valence-electron chi connectivity index (χ1n) is 10.6. The monoisotopic (exact) mass is 483 g/mol. The van der Waals surface area contributed by atoms with E-state index in [4.69, 9.17) is 28.9 Å². The van der Waals surface area contributed by atoms with Crippen LogP contribution in [0.15, 0.2) is 72.8 Å². The minimum atomic E-state index is -0.285. The van der Waals surface area contributed by atoms with Gasteiger partial charge in [0.25, 0.3) is 11.8 Å². The maximum atomic E-state index is 13.3. The second-order valence-corrected chi connectivity index (χ2v) is 9.51. The van der Waals surface area contributed by atoms with Gasteiger partial charge in [-0.1, -0.05) is 61.3 Å². The van der Waals surface area contributed by atoms with Crippen LogP contribution in [0.4, 0.5) is 5.69 Å². The van der Waals surface area contributed by atoms with Crippen LogP contribution in [-0.2, 0) is 6.54 Å². The van der Waals surface area contributed by atoms with Crippen molar-refractivity contribution in [3.63, 3.8) is 0 Å². The van der Waals surface area contributed by atoms with E-state index in [1.165, 1.54) is 0 Å². The number of nitrogens with zero attached hydrogens (tertiary/aromatic N) is 1. The van der Waals surface area contributed by atoms with Crippen LogP contribution in [0.1, 0.15) is 40.1 Å². The molecule has 0 saturated carbocycles. The predicted molar refractivity (Wildman–Crippen MR) is 135 cm³/mol. The van der Waals surface area contributed by atoms with Gasteiger partial charge in [0.15, 0.2) is 0 Å². The number of nitrogens with one attached hydrogen (secondary N) is 1. The van der Waals surface area contributed by atoms with Crippen molar-refractivity contribution in [2.75, 3.05) is 18.4 Å². The molecule has 3 rings (SSSR count). The maximum absolute atomic E-state index is 13.3. The molecule has 33 heavy (non-hydrogen) atoms. The molecule has 0 aromatic heterocycles. The van der Waals surface area contributed by atoms with Crippen LogP contribution >= 0.6 is 23.2 Å². The average molecular weight is 484 g/mol. The molecule has 3 aromatic carbocycles. The summed E-state index contributed by atoms with van der Waals surface area (Å²) in [7, 11) is 0. The van der Waals surface area contributed by atoms with Crippen LogP contribution in [-0.4, -0.2) is 29.8 Å². The van der Waals surface area contributed by atoms with Gasteiger partial charge in [-0.2, -0.15) is 0 Å². The highest BCUT2D eigenvalue weighted by molar-refractivity contribution is 6.31. The van der Waals surface area contributed by atoms with Crippen molar-refractivity contribution in [2.45, 2.75) is 20.4 Å². The molecule has 172 valence electrons. The number of nitrogens with two attached hydrogens (primary N) is 1. The largest absolute Gasteiger partial charge is 0.334 e. The molecule has 5 nitrogen and oxygen atoms in total. The Morgan fingerprint density at radius 1 is 0.939 bits per heavy atom. The van der Waals surface area contributed by atoms with Gasteiger partial charge in [0, 0.05) is 39.9 Å². The Hall–Kier alpha value is -2.86. The zero-order valence-corrected chi connectivity index (χ0v) is 20.2. The number of benzene rings is 3. The Labute approximate surface area is 204 Å². The van der Waals surface area contributed by atoms with Gasteiger partial charge in [-0.25, -0.2) is 0 Å². The second-order valence-electron chi connectivity index (χ2n) is 8.67. The molecular formula is C26H27Cl2N3O2. The average Bonchev–Trinajstić information content (AvgIpc) is 2.80. The first kappa shape index (κ1) is 24.8. The maximum Gasteiger partial charge on any atom is 0.255 e. The van der Waals surface area contributed by atoms with Crippen molar-refractivity contribution in [1.29, 1.82) is 0 Å². The summed E-state index contributed by atoms with van der Waals surface area (Å²) in [5.41, 5.74) is 7.99. The smallest absolute Gasteiger partial charge is 0.255 e. The molecule has 0 heterocycles. The summed E-state index contributed by atoms with van der Waals surface area (Å²) >= 11 is 12.5. The first-order valence-corrected chi connectivity index (χ1v) is 11.3. The summed E-state index contributed by atoms with van der Waals surface area (Å²) in [5, 5.41) is 3.86. The van der Waals surface area contributed by atoms with E-state index >= 15 is 0 Å². The summed E-state index contributed by atoms with van der Waals surface area (Å²) in [6, 6.07) is 21.0. The van der Waals surface area contributed by atoms with Gasteiger partial charge in [-0.3, -0.25) is 9.59 Å². The Kier molecular flexibility index (Phi) is 8.14. The van der Waals surface area contributed by atoms with E-state index in [0.29, 0.717) is 39.9 Å². The highest BCUT2D eigenvalue weighted by atomic mass is 35.5. The van der Waals surface area contributed by atoms with E-state index in [9.17, 15) is 9.59 Å². The van der Waals surface area contributed by atoms with Crippen molar-refractivity contribution >= 4 is 40.7 Å². The van der Waals surface area contributed by atoms with Gasteiger partial charge in [-0.15, -0.1) is 0 Å². The molecule has 0 fully saturated rings. The molecular weight excluding hydrogens is 457 g/mol. The summed E-state index contributed by atoms with van der Waals surface area (Å²) in [5.74, 6) is -0.395. The summed E-state index contributed by atoms with van der Waals surface area (Å²) in [6.07, 6.45) is 0. The van der Waals surface area contributed by atoms with E-state index in [-0.39, 0.29) is 23.8 Å². The second kappa shape index (κ2) is 10.8. The van der Waals surface area contributed by atoms with E-state index < -0.39 is 0 Å². The lowest BCUT2D eigenvalue weighted by Gasteiger charge is -2.32. The quantitative estimate of drug-likeness (QED) is 0.420. The number of anilines is 1. The van der Waals surface area contributed by atoms with Crippen LogP contribution in [0, 0.1) is 5.41 Å². The number of halogens is 2. The van der Waals surface area contributed by atoms with E-state index in [2.05, 4.69) is 5.32 Å². The lowest BCUT2D eigenvalue weighted by atomic mass is 9.92. The van der Waals surface area contributed by atoms with E-state index in [1.807, 2.05) is 32.0 Å². The molecule has 0 aliphatic carbocycles. The van der Waals surface area contributed by atoms with Crippen molar-refractivity contribution in [2.24, 2.45) is 11.1 Å². The third-order valence-electron chi connectivity index (χ3n) is 5.23. The highest BCUT2D eigenvalue weighted by Gasteiger charge is 2.25. The standard InChI is InChI=1S/C26H27Cl2N3O2/c1-26(2,16-29)17-31(25(33)18-7-4-3-5-8-18)15-20-14-22(11-12-23(20)28)30-24(32)19-9-6-10-21(27)13-19/h3-14H,15-17,29H2,1-2H3,(H,30,32). The van der Waals surface area contributed by atoms with Crippen molar-refractivity contribution in [1.82, 2.24) is 4.90 Å². The van der Waals surface area contributed by atoms with Crippen LogP contribution in [0.2, 0.25) is 10.0 Å². The van der Waals surface area contributed by atoms with Gasteiger partial charge in [-0.05, 0) is 66.1 Å². The highest BCUT2D eigenvalue weighted by Crippen LogP contribution is 2.26. The van der Waals surface area contributed by atoms with Crippen LogP contribution in [0.3, 0.4) is 0 Å².